The van der Waals surface area contributed by atoms with Crippen molar-refractivity contribution < 1.29 is 13.2 Å². The Kier molecular flexibility index (Phi) is 4.88. The molecule has 0 bridgehead atoms. The molecule has 0 fully saturated rings. The van der Waals surface area contributed by atoms with Crippen LogP contribution in [0.5, 0.6) is 0 Å². The first-order chi connectivity index (χ1) is 10.0. The van der Waals surface area contributed by atoms with Crippen LogP contribution in [0.15, 0.2) is 36.7 Å². The fourth-order valence-electron chi connectivity index (χ4n) is 2.10. The van der Waals surface area contributed by atoms with E-state index in [-0.39, 0.29) is 12.1 Å². The van der Waals surface area contributed by atoms with Gasteiger partial charge in [0.25, 0.3) is 0 Å². The Morgan fingerprint density at radius 2 is 2.00 bits per heavy atom. The number of hydrogen-bond donors (Lipinski definition) is 1. The minimum atomic E-state index is -4.34. The lowest BCUT2D eigenvalue weighted by Gasteiger charge is -2.14. The minimum Gasteiger partial charge on any atom is -0.356 e. The van der Waals surface area contributed by atoms with Crippen molar-refractivity contribution >= 4 is 5.95 Å². The smallest absolute Gasteiger partial charge is 0.356 e. The van der Waals surface area contributed by atoms with E-state index in [9.17, 15) is 13.2 Å². The molecule has 1 heterocycles. The minimum absolute atomic E-state index is 0.143. The molecule has 2 rings (SSSR count). The standard InChI is InChI=1S/C15H18F3N3/c1-2-3-8-19-14-20-9-10-21(14)11-12-6-4-5-7-13(12)15(16,17)18/h4-7,9-10H,2-3,8,11H2,1H3,(H,19,20). The Bertz CT molecular complexity index is 576. The molecule has 0 aliphatic heterocycles. The third-order valence-electron chi connectivity index (χ3n) is 3.19. The van der Waals surface area contributed by atoms with Crippen molar-refractivity contribution in [3.05, 3.63) is 47.8 Å². The van der Waals surface area contributed by atoms with Gasteiger partial charge >= 0.3 is 6.18 Å². The predicted octanol–water partition coefficient (Wildman–Crippen LogP) is 4.16. The second kappa shape index (κ2) is 6.65. The highest BCUT2D eigenvalue weighted by Crippen LogP contribution is 2.32. The monoisotopic (exact) mass is 297 g/mol. The van der Waals surface area contributed by atoms with Crippen molar-refractivity contribution in [2.24, 2.45) is 0 Å². The van der Waals surface area contributed by atoms with Gasteiger partial charge in [0.15, 0.2) is 0 Å². The zero-order valence-corrected chi connectivity index (χ0v) is 11.8. The zero-order chi connectivity index (χ0) is 15.3. The molecule has 0 radical (unpaired) electrons. The Balaban J connectivity index is 2.18. The molecule has 1 aromatic carbocycles. The highest BCUT2D eigenvalue weighted by Gasteiger charge is 2.32. The number of halogens is 3. The molecule has 21 heavy (non-hydrogen) atoms. The van der Waals surface area contributed by atoms with Gasteiger partial charge in [0.2, 0.25) is 5.95 Å². The quantitative estimate of drug-likeness (QED) is 0.811. The molecule has 0 amide bonds. The number of aromatic nitrogens is 2. The Morgan fingerprint density at radius 3 is 2.71 bits per heavy atom. The first kappa shape index (κ1) is 15.4. The SMILES string of the molecule is CCCCNc1nccn1Cc1ccccc1C(F)(F)F. The summed E-state index contributed by atoms with van der Waals surface area (Å²) < 4.78 is 40.7. The molecule has 0 saturated heterocycles. The number of unbranched alkanes of at least 4 members (excludes halogenated alkanes) is 1. The number of hydrogen-bond acceptors (Lipinski definition) is 2. The summed E-state index contributed by atoms with van der Waals surface area (Å²) in [5.74, 6) is 0.598. The average molecular weight is 297 g/mol. The van der Waals surface area contributed by atoms with E-state index in [2.05, 4.69) is 17.2 Å². The van der Waals surface area contributed by atoms with Gasteiger partial charge in [0, 0.05) is 18.9 Å². The van der Waals surface area contributed by atoms with E-state index >= 15 is 0 Å². The molecule has 0 atom stereocenters. The predicted molar refractivity (Wildman–Crippen MR) is 76.2 cm³/mol. The van der Waals surface area contributed by atoms with E-state index < -0.39 is 11.7 Å². The van der Waals surface area contributed by atoms with Crippen molar-refractivity contribution in [3.63, 3.8) is 0 Å². The topological polar surface area (TPSA) is 29.9 Å². The van der Waals surface area contributed by atoms with Crippen molar-refractivity contribution in [1.29, 1.82) is 0 Å². The molecule has 1 aromatic heterocycles. The second-order valence-corrected chi connectivity index (χ2v) is 4.81. The summed E-state index contributed by atoms with van der Waals surface area (Å²) in [5, 5.41) is 3.14. The van der Waals surface area contributed by atoms with Crippen molar-refractivity contribution in [1.82, 2.24) is 9.55 Å². The van der Waals surface area contributed by atoms with Crippen LogP contribution in [-0.2, 0) is 12.7 Å². The van der Waals surface area contributed by atoms with Gasteiger partial charge in [0.05, 0.1) is 12.1 Å². The lowest BCUT2D eigenvalue weighted by Crippen LogP contribution is -2.13. The first-order valence-electron chi connectivity index (χ1n) is 6.92. The molecule has 114 valence electrons. The third kappa shape index (κ3) is 4.00. The number of nitrogens with one attached hydrogen (secondary N) is 1. The van der Waals surface area contributed by atoms with Crippen LogP contribution in [0.4, 0.5) is 19.1 Å². The largest absolute Gasteiger partial charge is 0.416 e. The zero-order valence-electron chi connectivity index (χ0n) is 11.8. The van der Waals surface area contributed by atoms with E-state index in [4.69, 9.17) is 0 Å². The second-order valence-electron chi connectivity index (χ2n) is 4.81. The van der Waals surface area contributed by atoms with Gasteiger partial charge in [0.1, 0.15) is 0 Å². The molecule has 0 aliphatic carbocycles. The van der Waals surface area contributed by atoms with Gasteiger partial charge in [-0.2, -0.15) is 13.2 Å². The van der Waals surface area contributed by atoms with E-state index in [1.807, 2.05) is 0 Å². The highest BCUT2D eigenvalue weighted by atomic mass is 19.4. The van der Waals surface area contributed by atoms with E-state index in [0.29, 0.717) is 5.95 Å². The molecule has 3 nitrogen and oxygen atoms in total. The van der Waals surface area contributed by atoms with Crippen LogP contribution in [0.1, 0.15) is 30.9 Å². The van der Waals surface area contributed by atoms with Crippen LogP contribution in [0.3, 0.4) is 0 Å². The highest BCUT2D eigenvalue weighted by molar-refractivity contribution is 5.33. The van der Waals surface area contributed by atoms with Gasteiger partial charge in [-0.05, 0) is 18.1 Å². The van der Waals surface area contributed by atoms with Gasteiger partial charge in [-0.25, -0.2) is 4.98 Å². The van der Waals surface area contributed by atoms with Crippen molar-refractivity contribution in [3.8, 4) is 0 Å². The van der Waals surface area contributed by atoms with Gasteiger partial charge in [-0.1, -0.05) is 31.5 Å². The molecule has 1 N–H and O–H groups in total. The molecular weight excluding hydrogens is 279 g/mol. The van der Waals surface area contributed by atoms with Gasteiger partial charge < -0.3 is 9.88 Å². The van der Waals surface area contributed by atoms with Gasteiger partial charge in [-0.15, -0.1) is 0 Å². The lowest BCUT2D eigenvalue weighted by atomic mass is 10.1. The van der Waals surface area contributed by atoms with E-state index in [0.717, 1.165) is 25.5 Å². The number of alkyl halides is 3. The maximum absolute atomic E-state index is 13.0. The van der Waals surface area contributed by atoms with Crippen LogP contribution >= 0.6 is 0 Å². The van der Waals surface area contributed by atoms with Crippen molar-refractivity contribution in [2.45, 2.75) is 32.5 Å². The van der Waals surface area contributed by atoms with Crippen LogP contribution in [0, 0.1) is 0 Å². The third-order valence-corrected chi connectivity index (χ3v) is 3.19. The molecule has 0 aliphatic rings. The summed E-state index contributed by atoms with van der Waals surface area (Å²) in [5.41, 5.74) is -0.361. The fourth-order valence-corrected chi connectivity index (χ4v) is 2.10. The summed E-state index contributed by atoms with van der Waals surface area (Å²) in [4.78, 5) is 4.15. The maximum Gasteiger partial charge on any atom is 0.416 e. The Labute approximate surface area is 121 Å². The summed E-state index contributed by atoms with van der Waals surface area (Å²) >= 11 is 0. The first-order valence-corrected chi connectivity index (χ1v) is 6.92. The van der Waals surface area contributed by atoms with Crippen LogP contribution in [0.2, 0.25) is 0 Å². The summed E-state index contributed by atoms with van der Waals surface area (Å²) in [6.07, 6.45) is 0.968. The molecule has 0 spiro atoms. The number of anilines is 1. The van der Waals surface area contributed by atoms with Crippen LogP contribution < -0.4 is 5.32 Å². The Morgan fingerprint density at radius 1 is 1.24 bits per heavy atom. The van der Waals surface area contributed by atoms with Crippen molar-refractivity contribution in [2.75, 3.05) is 11.9 Å². The maximum atomic E-state index is 13.0. The molecule has 2 aromatic rings. The molecule has 0 saturated carbocycles. The number of benzene rings is 1. The summed E-state index contributed by atoms with van der Waals surface area (Å²) in [6, 6.07) is 5.63. The average Bonchev–Trinajstić information content (AvgIpc) is 2.86. The Hall–Kier alpha value is -1.98. The molecule has 6 heteroatoms. The molecule has 0 unspecified atom stereocenters. The van der Waals surface area contributed by atoms with Crippen LogP contribution in [0.25, 0.3) is 0 Å². The normalized spacial score (nSPS) is 11.6. The molecular formula is C15H18F3N3. The van der Waals surface area contributed by atoms with E-state index in [1.165, 1.54) is 12.1 Å². The van der Waals surface area contributed by atoms with Gasteiger partial charge in [-0.3, -0.25) is 0 Å². The number of nitrogens with zero attached hydrogens (tertiary/aromatic N) is 2. The van der Waals surface area contributed by atoms with Crippen LogP contribution in [-0.4, -0.2) is 16.1 Å². The number of rotatable bonds is 6. The summed E-state index contributed by atoms with van der Waals surface area (Å²) in [6.45, 7) is 2.98. The van der Waals surface area contributed by atoms with E-state index in [1.54, 1.807) is 23.0 Å². The lowest BCUT2D eigenvalue weighted by molar-refractivity contribution is -0.138. The summed E-state index contributed by atoms with van der Waals surface area (Å²) in [7, 11) is 0. The fraction of sp³-hybridized carbons (Fsp3) is 0.400. The number of imidazole rings is 1.